The summed E-state index contributed by atoms with van der Waals surface area (Å²) in [6, 6.07) is 19.7. The number of carbonyl (C=O) groups is 2. The molecule has 1 N–H and O–H groups in total. The van der Waals surface area contributed by atoms with Crippen LogP contribution in [0, 0.1) is 11.8 Å². The fourth-order valence-corrected chi connectivity index (χ4v) is 3.67. The van der Waals surface area contributed by atoms with Crippen LogP contribution in [0.4, 0.5) is 0 Å². The van der Waals surface area contributed by atoms with Crippen molar-refractivity contribution in [2.75, 3.05) is 7.11 Å². The minimum absolute atomic E-state index is 0.0280. The van der Waals surface area contributed by atoms with Crippen molar-refractivity contribution >= 4 is 11.7 Å². The first-order valence-electron chi connectivity index (χ1n) is 9.25. The summed E-state index contributed by atoms with van der Waals surface area (Å²) in [6.45, 7) is 2.50. The molecule has 4 nitrogen and oxygen atoms in total. The van der Waals surface area contributed by atoms with E-state index >= 15 is 0 Å². The molecule has 1 amide bonds. The molecule has 3 rings (SSSR count). The maximum absolute atomic E-state index is 13.0. The lowest BCUT2D eigenvalue weighted by Crippen LogP contribution is -2.34. The standard InChI is InChI=1S/C23H25NO3/c1-16-19(18-11-7-4-8-12-18)13-21(25)22(27-2)14-20(16)23(26)24-15-17-9-5-3-6-10-17/h3-12,14,16,19-20H,13,15H2,1-2H3,(H,24,26)/t16-,19+,20+/m1/s1. The Labute approximate surface area is 160 Å². The molecule has 0 aliphatic heterocycles. The third-order valence-electron chi connectivity index (χ3n) is 5.27. The highest BCUT2D eigenvalue weighted by atomic mass is 16.5. The van der Waals surface area contributed by atoms with Crippen LogP contribution in [0.1, 0.15) is 30.4 Å². The second-order valence-corrected chi connectivity index (χ2v) is 6.97. The fraction of sp³-hybridized carbons (Fsp3) is 0.304. The van der Waals surface area contributed by atoms with Crippen LogP contribution >= 0.6 is 0 Å². The number of ether oxygens (including phenoxy) is 1. The molecule has 1 aliphatic carbocycles. The summed E-state index contributed by atoms with van der Waals surface area (Å²) in [7, 11) is 1.48. The minimum atomic E-state index is -0.430. The molecule has 0 saturated carbocycles. The Kier molecular flexibility index (Phi) is 6.07. The van der Waals surface area contributed by atoms with E-state index in [4.69, 9.17) is 4.74 Å². The smallest absolute Gasteiger partial charge is 0.227 e. The summed E-state index contributed by atoms with van der Waals surface area (Å²) in [5, 5.41) is 3.01. The van der Waals surface area contributed by atoms with Gasteiger partial charge in [-0.05, 0) is 29.0 Å². The topological polar surface area (TPSA) is 55.4 Å². The van der Waals surface area contributed by atoms with Gasteiger partial charge in [-0.25, -0.2) is 0 Å². The van der Waals surface area contributed by atoms with Gasteiger partial charge < -0.3 is 10.1 Å². The fourth-order valence-electron chi connectivity index (χ4n) is 3.67. The number of rotatable bonds is 5. The largest absolute Gasteiger partial charge is 0.493 e. The van der Waals surface area contributed by atoms with Crippen molar-refractivity contribution in [1.29, 1.82) is 0 Å². The molecule has 0 fully saturated rings. The van der Waals surface area contributed by atoms with Crippen LogP contribution in [0.2, 0.25) is 0 Å². The zero-order chi connectivity index (χ0) is 19.2. The zero-order valence-corrected chi connectivity index (χ0v) is 15.7. The normalized spacial score (nSPS) is 22.5. The highest BCUT2D eigenvalue weighted by molar-refractivity contribution is 5.96. The van der Waals surface area contributed by atoms with E-state index in [1.807, 2.05) is 67.6 Å². The molecule has 0 heterocycles. The van der Waals surface area contributed by atoms with Gasteiger partial charge in [0, 0.05) is 13.0 Å². The molecule has 0 aromatic heterocycles. The molecule has 4 heteroatoms. The molecule has 0 bridgehead atoms. The first-order chi connectivity index (χ1) is 13.1. The van der Waals surface area contributed by atoms with E-state index in [-0.39, 0.29) is 29.3 Å². The van der Waals surface area contributed by atoms with Crippen LogP contribution in [0.25, 0.3) is 0 Å². The molecular weight excluding hydrogens is 338 g/mol. The van der Waals surface area contributed by atoms with E-state index in [9.17, 15) is 9.59 Å². The number of methoxy groups -OCH3 is 1. The van der Waals surface area contributed by atoms with Crippen molar-refractivity contribution in [2.45, 2.75) is 25.8 Å². The van der Waals surface area contributed by atoms with Crippen molar-refractivity contribution < 1.29 is 14.3 Å². The van der Waals surface area contributed by atoms with Crippen LogP contribution < -0.4 is 5.32 Å². The summed E-state index contributed by atoms with van der Waals surface area (Å²) in [6.07, 6.45) is 2.03. The number of benzene rings is 2. The number of hydrogen-bond acceptors (Lipinski definition) is 3. The molecular formula is C23H25NO3. The van der Waals surface area contributed by atoms with Gasteiger partial charge in [-0.15, -0.1) is 0 Å². The quantitative estimate of drug-likeness (QED) is 0.878. The number of ketones is 1. The molecule has 3 atom stereocenters. The van der Waals surface area contributed by atoms with Gasteiger partial charge in [0.05, 0.1) is 13.0 Å². The van der Waals surface area contributed by atoms with Crippen molar-refractivity contribution in [3.05, 3.63) is 83.6 Å². The lowest BCUT2D eigenvalue weighted by atomic mass is 9.78. The summed E-state index contributed by atoms with van der Waals surface area (Å²) >= 11 is 0. The number of allylic oxidation sites excluding steroid dienone is 1. The number of amides is 1. The Morgan fingerprint density at radius 1 is 1.07 bits per heavy atom. The Morgan fingerprint density at radius 3 is 2.33 bits per heavy atom. The SMILES string of the molecule is COC1=C[C@H](C(=O)NCc2ccccc2)[C@H](C)[C@@H](c2ccccc2)CC1=O. The Morgan fingerprint density at radius 2 is 1.70 bits per heavy atom. The third-order valence-corrected chi connectivity index (χ3v) is 5.27. The average Bonchev–Trinajstić information content (AvgIpc) is 2.84. The second kappa shape index (κ2) is 8.67. The summed E-state index contributed by atoms with van der Waals surface area (Å²) < 4.78 is 5.29. The number of hydrogen-bond donors (Lipinski definition) is 1. The van der Waals surface area contributed by atoms with Crippen molar-refractivity contribution in [3.63, 3.8) is 0 Å². The second-order valence-electron chi connectivity index (χ2n) is 6.97. The Bertz CT molecular complexity index is 814. The maximum Gasteiger partial charge on any atom is 0.227 e. The Hall–Kier alpha value is -2.88. The van der Waals surface area contributed by atoms with Crippen LogP contribution in [0.3, 0.4) is 0 Å². The van der Waals surface area contributed by atoms with Crippen LogP contribution in [-0.4, -0.2) is 18.8 Å². The van der Waals surface area contributed by atoms with Crippen molar-refractivity contribution in [1.82, 2.24) is 5.32 Å². The van der Waals surface area contributed by atoms with Crippen LogP contribution in [0.5, 0.6) is 0 Å². The van der Waals surface area contributed by atoms with E-state index in [0.29, 0.717) is 13.0 Å². The van der Waals surface area contributed by atoms with E-state index in [1.165, 1.54) is 7.11 Å². The predicted molar refractivity (Wildman–Crippen MR) is 105 cm³/mol. The van der Waals surface area contributed by atoms with Gasteiger partial charge in [-0.1, -0.05) is 67.6 Å². The number of nitrogens with one attached hydrogen (secondary N) is 1. The van der Waals surface area contributed by atoms with Crippen molar-refractivity contribution in [3.8, 4) is 0 Å². The molecule has 2 aromatic carbocycles. The predicted octanol–water partition coefficient (Wildman–Crippen LogP) is 3.84. The van der Waals surface area contributed by atoms with Gasteiger partial charge in [-0.3, -0.25) is 9.59 Å². The summed E-state index contributed by atoms with van der Waals surface area (Å²) in [5.74, 6) is -0.358. The lowest BCUT2D eigenvalue weighted by molar-refractivity contribution is -0.125. The molecule has 27 heavy (non-hydrogen) atoms. The molecule has 140 valence electrons. The molecule has 0 spiro atoms. The first kappa shape index (κ1) is 18.9. The summed E-state index contributed by atoms with van der Waals surface area (Å²) in [4.78, 5) is 25.6. The van der Waals surface area contributed by atoms with Crippen LogP contribution in [-0.2, 0) is 20.9 Å². The van der Waals surface area contributed by atoms with Gasteiger partial charge >= 0.3 is 0 Å². The Balaban J connectivity index is 1.84. The maximum atomic E-state index is 13.0. The van der Waals surface area contributed by atoms with Crippen molar-refractivity contribution in [2.24, 2.45) is 11.8 Å². The number of carbonyl (C=O) groups excluding carboxylic acids is 2. The monoisotopic (exact) mass is 363 g/mol. The first-order valence-corrected chi connectivity index (χ1v) is 9.25. The van der Waals surface area contributed by atoms with E-state index < -0.39 is 5.92 Å². The highest BCUT2D eigenvalue weighted by Gasteiger charge is 2.36. The van der Waals surface area contributed by atoms with E-state index in [1.54, 1.807) is 6.08 Å². The molecule has 0 unspecified atom stereocenters. The average molecular weight is 363 g/mol. The molecule has 1 aliphatic rings. The molecule has 2 aromatic rings. The third kappa shape index (κ3) is 4.45. The molecule has 0 saturated heterocycles. The molecule has 0 radical (unpaired) electrons. The van der Waals surface area contributed by atoms with Gasteiger partial charge in [0.25, 0.3) is 0 Å². The van der Waals surface area contributed by atoms with Gasteiger partial charge in [0.15, 0.2) is 11.5 Å². The van der Waals surface area contributed by atoms with E-state index in [2.05, 4.69) is 5.32 Å². The lowest BCUT2D eigenvalue weighted by Gasteiger charge is -2.27. The van der Waals surface area contributed by atoms with Gasteiger partial charge in [0.1, 0.15) is 0 Å². The van der Waals surface area contributed by atoms with E-state index in [0.717, 1.165) is 11.1 Å². The highest BCUT2D eigenvalue weighted by Crippen LogP contribution is 2.38. The van der Waals surface area contributed by atoms with Crippen LogP contribution in [0.15, 0.2) is 72.5 Å². The number of Topliss-reactive ketones (excluding diaryl/α,β-unsaturated/α-hetero) is 1. The van der Waals surface area contributed by atoms with Gasteiger partial charge in [0.2, 0.25) is 5.91 Å². The zero-order valence-electron chi connectivity index (χ0n) is 15.7. The minimum Gasteiger partial charge on any atom is -0.493 e. The summed E-state index contributed by atoms with van der Waals surface area (Å²) in [5.41, 5.74) is 2.11. The van der Waals surface area contributed by atoms with Gasteiger partial charge in [-0.2, -0.15) is 0 Å².